The van der Waals surface area contributed by atoms with Gasteiger partial charge in [-0.15, -0.1) is 0 Å². The third-order valence-corrected chi connectivity index (χ3v) is 6.25. The van der Waals surface area contributed by atoms with Gasteiger partial charge in [-0.1, -0.05) is 35.9 Å². The molecule has 0 aliphatic carbocycles. The van der Waals surface area contributed by atoms with Gasteiger partial charge in [0.15, 0.2) is 0 Å². The molecule has 2 aromatic rings. The highest BCUT2D eigenvalue weighted by Gasteiger charge is 2.21. The largest absolute Gasteiger partial charge is 0.350 e. The summed E-state index contributed by atoms with van der Waals surface area (Å²) in [6.45, 7) is 1.34. The molecule has 1 saturated heterocycles. The average Bonchev–Trinajstić information content (AvgIpc) is 3.10. The number of carbonyl (C=O) groups is 2. The summed E-state index contributed by atoms with van der Waals surface area (Å²) in [5.41, 5.74) is 2.29. The van der Waals surface area contributed by atoms with Crippen LogP contribution in [-0.4, -0.2) is 44.5 Å². The molecule has 2 amide bonds. The smallest absolute Gasteiger partial charge is 0.241 e. The first-order valence-corrected chi connectivity index (χ1v) is 11.8. The Balaban J connectivity index is 1.56. The molecule has 7 nitrogen and oxygen atoms in total. The number of nitrogens with one attached hydrogen (secondary N) is 1. The van der Waals surface area contributed by atoms with Crippen molar-refractivity contribution in [3.8, 4) is 0 Å². The molecule has 160 valence electrons. The van der Waals surface area contributed by atoms with Crippen LogP contribution in [0.5, 0.6) is 0 Å². The Morgan fingerprint density at radius 2 is 1.73 bits per heavy atom. The highest BCUT2D eigenvalue weighted by Crippen LogP contribution is 2.20. The van der Waals surface area contributed by atoms with E-state index in [-0.39, 0.29) is 19.0 Å². The maximum atomic E-state index is 12.4. The molecule has 0 aromatic heterocycles. The summed E-state index contributed by atoms with van der Waals surface area (Å²) < 4.78 is 25.3. The lowest BCUT2D eigenvalue weighted by molar-refractivity contribution is -0.128. The monoisotopic (exact) mass is 449 g/mol. The van der Waals surface area contributed by atoms with Gasteiger partial charge in [0.1, 0.15) is 6.54 Å². The average molecular weight is 450 g/mol. The van der Waals surface area contributed by atoms with Gasteiger partial charge < -0.3 is 10.2 Å². The third kappa shape index (κ3) is 5.96. The van der Waals surface area contributed by atoms with E-state index in [2.05, 4.69) is 5.32 Å². The van der Waals surface area contributed by atoms with E-state index in [9.17, 15) is 18.0 Å². The standard InChI is InChI=1S/C21H24ClN3O4S/c1-30(28,29)25(19-10-8-18(22)9-11-19)15-20(26)23-13-16-4-6-17(7-5-16)14-24-12-2-3-21(24)27/h4-11H,2-3,12-15H2,1H3,(H,23,26). The molecular weight excluding hydrogens is 426 g/mol. The lowest BCUT2D eigenvalue weighted by Crippen LogP contribution is -2.40. The molecule has 0 saturated carbocycles. The predicted molar refractivity (Wildman–Crippen MR) is 117 cm³/mol. The van der Waals surface area contributed by atoms with Crippen LogP contribution in [0.4, 0.5) is 5.69 Å². The number of nitrogens with zero attached hydrogens (tertiary/aromatic N) is 2. The van der Waals surface area contributed by atoms with Crippen molar-refractivity contribution in [2.45, 2.75) is 25.9 Å². The van der Waals surface area contributed by atoms with Crippen LogP contribution in [-0.2, 0) is 32.7 Å². The molecule has 0 spiro atoms. The van der Waals surface area contributed by atoms with Gasteiger partial charge in [-0.05, 0) is 41.8 Å². The number of hydrogen-bond acceptors (Lipinski definition) is 4. The van der Waals surface area contributed by atoms with Crippen LogP contribution in [0.1, 0.15) is 24.0 Å². The maximum Gasteiger partial charge on any atom is 0.241 e. The molecule has 9 heteroatoms. The quantitative estimate of drug-likeness (QED) is 0.671. The molecule has 1 N–H and O–H groups in total. The SMILES string of the molecule is CS(=O)(=O)N(CC(=O)NCc1ccc(CN2CCCC2=O)cc1)c1ccc(Cl)cc1. The van der Waals surface area contributed by atoms with Gasteiger partial charge in [0, 0.05) is 31.1 Å². The van der Waals surface area contributed by atoms with Crippen molar-refractivity contribution in [2.24, 2.45) is 0 Å². The van der Waals surface area contributed by atoms with Gasteiger partial charge in [0.25, 0.3) is 0 Å². The summed E-state index contributed by atoms with van der Waals surface area (Å²) in [6, 6.07) is 13.9. The fourth-order valence-corrected chi connectivity index (χ4v) is 4.23. The van der Waals surface area contributed by atoms with Crippen molar-refractivity contribution < 1.29 is 18.0 Å². The molecule has 30 heavy (non-hydrogen) atoms. The molecule has 0 atom stereocenters. The number of amides is 2. The van der Waals surface area contributed by atoms with E-state index >= 15 is 0 Å². The minimum atomic E-state index is -3.63. The second-order valence-corrected chi connectivity index (χ2v) is 9.60. The number of rotatable bonds is 8. The Hall–Kier alpha value is -2.58. The Labute approximate surface area is 181 Å². The minimum absolute atomic E-state index is 0.183. The van der Waals surface area contributed by atoms with E-state index < -0.39 is 15.9 Å². The van der Waals surface area contributed by atoms with E-state index in [0.717, 1.165) is 34.7 Å². The second-order valence-electron chi connectivity index (χ2n) is 7.26. The van der Waals surface area contributed by atoms with E-state index in [4.69, 9.17) is 11.6 Å². The van der Waals surface area contributed by atoms with Crippen molar-refractivity contribution in [3.05, 3.63) is 64.7 Å². The molecule has 1 aliphatic heterocycles. The van der Waals surface area contributed by atoms with Gasteiger partial charge >= 0.3 is 0 Å². The van der Waals surface area contributed by atoms with Crippen LogP contribution in [0.15, 0.2) is 48.5 Å². The van der Waals surface area contributed by atoms with Crippen LogP contribution < -0.4 is 9.62 Å². The van der Waals surface area contributed by atoms with Crippen LogP contribution >= 0.6 is 11.6 Å². The zero-order chi connectivity index (χ0) is 21.7. The molecule has 3 rings (SSSR count). The number of hydrogen-bond donors (Lipinski definition) is 1. The first-order valence-electron chi connectivity index (χ1n) is 9.58. The van der Waals surface area contributed by atoms with E-state index in [0.29, 0.717) is 23.7 Å². The second kappa shape index (κ2) is 9.49. The van der Waals surface area contributed by atoms with E-state index in [1.807, 2.05) is 29.2 Å². The Morgan fingerprint density at radius 1 is 1.10 bits per heavy atom. The molecular formula is C21H24ClN3O4S. The van der Waals surface area contributed by atoms with Crippen molar-refractivity contribution in [1.29, 1.82) is 0 Å². The summed E-state index contributed by atoms with van der Waals surface area (Å²) in [5.74, 6) is -0.232. The molecule has 0 bridgehead atoms. The highest BCUT2D eigenvalue weighted by atomic mass is 35.5. The summed E-state index contributed by atoms with van der Waals surface area (Å²) in [6.07, 6.45) is 2.58. The number of carbonyl (C=O) groups excluding carboxylic acids is 2. The number of sulfonamides is 1. The highest BCUT2D eigenvalue weighted by molar-refractivity contribution is 7.92. The Bertz CT molecular complexity index is 1010. The number of benzene rings is 2. The molecule has 1 heterocycles. The van der Waals surface area contributed by atoms with Crippen molar-refractivity contribution in [2.75, 3.05) is 23.7 Å². The summed E-state index contributed by atoms with van der Waals surface area (Å²) in [7, 11) is -3.63. The molecule has 2 aromatic carbocycles. The van der Waals surface area contributed by atoms with Gasteiger partial charge in [-0.25, -0.2) is 8.42 Å². The predicted octanol–water partition coefficient (Wildman–Crippen LogP) is 2.54. The topological polar surface area (TPSA) is 86.8 Å². The zero-order valence-electron chi connectivity index (χ0n) is 16.7. The molecule has 1 aliphatic rings. The number of anilines is 1. The normalized spacial score (nSPS) is 14.1. The van der Waals surface area contributed by atoms with Crippen molar-refractivity contribution in [1.82, 2.24) is 10.2 Å². The van der Waals surface area contributed by atoms with Crippen LogP contribution in [0.3, 0.4) is 0 Å². The zero-order valence-corrected chi connectivity index (χ0v) is 18.2. The van der Waals surface area contributed by atoms with Crippen molar-refractivity contribution >= 4 is 39.1 Å². The van der Waals surface area contributed by atoms with Crippen molar-refractivity contribution in [3.63, 3.8) is 0 Å². The molecule has 1 fully saturated rings. The number of likely N-dealkylation sites (tertiary alicyclic amines) is 1. The lowest BCUT2D eigenvalue weighted by Gasteiger charge is -2.22. The first kappa shape index (κ1) is 22.1. The first-order chi connectivity index (χ1) is 14.2. The minimum Gasteiger partial charge on any atom is -0.350 e. The molecule has 0 radical (unpaired) electrons. The van der Waals surface area contributed by atoms with Gasteiger partial charge in [0.05, 0.1) is 11.9 Å². The lowest BCUT2D eigenvalue weighted by atomic mass is 10.1. The fourth-order valence-electron chi connectivity index (χ4n) is 3.25. The van der Waals surface area contributed by atoms with Gasteiger partial charge in [-0.3, -0.25) is 13.9 Å². The maximum absolute atomic E-state index is 12.4. The van der Waals surface area contributed by atoms with Gasteiger partial charge in [-0.2, -0.15) is 0 Å². The third-order valence-electron chi connectivity index (χ3n) is 4.86. The van der Waals surface area contributed by atoms with Crippen LogP contribution in [0.2, 0.25) is 5.02 Å². The van der Waals surface area contributed by atoms with Crippen LogP contribution in [0.25, 0.3) is 0 Å². The van der Waals surface area contributed by atoms with E-state index in [1.54, 1.807) is 24.3 Å². The number of halogens is 1. The van der Waals surface area contributed by atoms with Crippen LogP contribution in [0, 0.1) is 0 Å². The molecule has 0 unspecified atom stereocenters. The Morgan fingerprint density at radius 3 is 2.30 bits per heavy atom. The Kier molecular flexibility index (Phi) is 6.99. The van der Waals surface area contributed by atoms with E-state index in [1.165, 1.54) is 0 Å². The summed E-state index contributed by atoms with van der Waals surface area (Å²) >= 11 is 5.85. The summed E-state index contributed by atoms with van der Waals surface area (Å²) in [5, 5.41) is 3.23. The van der Waals surface area contributed by atoms with Gasteiger partial charge in [0.2, 0.25) is 21.8 Å². The summed E-state index contributed by atoms with van der Waals surface area (Å²) in [4.78, 5) is 25.9. The fraction of sp³-hybridized carbons (Fsp3) is 0.333.